The predicted octanol–water partition coefficient (Wildman–Crippen LogP) is 2.81. The lowest BCUT2D eigenvalue weighted by Crippen LogP contribution is -2.06. The van der Waals surface area contributed by atoms with Gasteiger partial charge in [0, 0.05) is 0 Å². The fraction of sp³-hybridized carbons (Fsp3) is 0.167. The van der Waals surface area contributed by atoms with Crippen molar-refractivity contribution in [2.45, 2.75) is 13.0 Å². The van der Waals surface area contributed by atoms with E-state index in [-0.39, 0.29) is 0 Å². The van der Waals surface area contributed by atoms with E-state index in [9.17, 15) is 8.78 Å². The summed E-state index contributed by atoms with van der Waals surface area (Å²) in [5.41, 5.74) is 0.374. The minimum Gasteiger partial charge on any atom is -0.453 e. The van der Waals surface area contributed by atoms with Gasteiger partial charge in [-0.2, -0.15) is 10.4 Å². The standard InChI is InChI=1S/C12H9F2N3O/c13-12(14)8-17-7-10(6-16-17)18-11-4-2-1-3-9(11)5-15/h1-4,6-7,12H,8H2. The molecule has 1 aromatic heterocycles. The van der Waals surface area contributed by atoms with Crippen molar-refractivity contribution in [1.82, 2.24) is 9.78 Å². The third kappa shape index (κ3) is 2.83. The first-order chi connectivity index (χ1) is 8.69. The first kappa shape index (κ1) is 12.0. The SMILES string of the molecule is N#Cc1ccccc1Oc1cnn(CC(F)F)c1. The lowest BCUT2D eigenvalue weighted by molar-refractivity contribution is 0.122. The van der Waals surface area contributed by atoms with Crippen molar-refractivity contribution in [1.29, 1.82) is 5.26 Å². The molecule has 0 fully saturated rings. The summed E-state index contributed by atoms with van der Waals surface area (Å²) in [6, 6.07) is 8.66. The monoisotopic (exact) mass is 249 g/mol. The molecule has 4 nitrogen and oxygen atoms in total. The van der Waals surface area contributed by atoms with Crippen LogP contribution in [0.1, 0.15) is 5.56 Å². The first-order valence-electron chi connectivity index (χ1n) is 5.16. The molecule has 92 valence electrons. The summed E-state index contributed by atoms with van der Waals surface area (Å²) in [5, 5.41) is 12.6. The van der Waals surface area contributed by atoms with Gasteiger partial charge in [0.1, 0.15) is 18.4 Å². The summed E-state index contributed by atoms with van der Waals surface area (Å²) in [4.78, 5) is 0. The van der Waals surface area contributed by atoms with Gasteiger partial charge in [0.25, 0.3) is 6.43 Å². The molecule has 0 aliphatic carbocycles. The second-order valence-electron chi connectivity index (χ2n) is 3.50. The number of alkyl halides is 2. The summed E-state index contributed by atoms with van der Waals surface area (Å²) >= 11 is 0. The van der Waals surface area contributed by atoms with Crippen molar-refractivity contribution in [3.05, 3.63) is 42.2 Å². The average Bonchev–Trinajstić information content (AvgIpc) is 2.76. The van der Waals surface area contributed by atoms with E-state index >= 15 is 0 Å². The molecule has 0 saturated carbocycles. The largest absolute Gasteiger partial charge is 0.453 e. The normalized spacial score (nSPS) is 10.3. The predicted molar refractivity (Wildman–Crippen MR) is 59.5 cm³/mol. The van der Waals surface area contributed by atoms with Gasteiger partial charge >= 0.3 is 0 Å². The number of aromatic nitrogens is 2. The fourth-order valence-electron chi connectivity index (χ4n) is 1.41. The number of benzene rings is 1. The van der Waals surface area contributed by atoms with E-state index < -0.39 is 13.0 Å². The zero-order valence-corrected chi connectivity index (χ0v) is 9.25. The first-order valence-corrected chi connectivity index (χ1v) is 5.16. The maximum atomic E-state index is 12.1. The van der Waals surface area contributed by atoms with Gasteiger partial charge in [-0.15, -0.1) is 0 Å². The summed E-state index contributed by atoms with van der Waals surface area (Å²) in [5.74, 6) is 0.690. The molecule has 0 unspecified atom stereocenters. The summed E-state index contributed by atoms with van der Waals surface area (Å²) in [6.07, 6.45) is 0.223. The Hall–Kier alpha value is -2.42. The van der Waals surface area contributed by atoms with Crippen LogP contribution >= 0.6 is 0 Å². The van der Waals surface area contributed by atoms with E-state index in [0.29, 0.717) is 17.1 Å². The molecule has 0 spiro atoms. The number of hydrogen-bond donors (Lipinski definition) is 0. The van der Waals surface area contributed by atoms with E-state index in [2.05, 4.69) is 5.10 Å². The highest BCUT2D eigenvalue weighted by atomic mass is 19.3. The molecule has 0 amide bonds. The highest BCUT2D eigenvalue weighted by molar-refractivity contribution is 5.44. The highest BCUT2D eigenvalue weighted by Crippen LogP contribution is 2.24. The van der Waals surface area contributed by atoms with E-state index in [1.165, 1.54) is 12.4 Å². The van der Waals surface area contributed by atoms with Crippen LogP contribution in [0.15, 0.2) is 36.7 Å². The molecular weight excluding hydrogens is 240 g/mol. The molecular formula is C12H9F2N3O. The molecule has 0 saturated heterocycles. The zero-order chi connectivity index (χ0) is 13.0. The number of halogens is 2. The van der Waals surface area contributed by atoms with Crippen molar-refractivity contribution in [2.24, 2.45) is 0 Å². The molecule has 2 aromatic rings. The molecule has 0 N–H and O–H groups in total. The second kappa shape index (κ2) is 5.27. The van der Waals surface area contributed by atoms with Gasteiger partial charge in [0.05, 0.1) is 18.0 Å². The molecule has 18 heavy (non-hydrogen) atoms. The molecule has 1 heterocycles. The third-order valence-electron chi connectivity index (χ3n) is 2.17. The van der Waals surface area contributed by atoms with Crippen molar-refractivity contribution in [2.75, 3.05) is 0 Å². The number of nitriles is 1. The Bertz CT molecular complexity index is 575. The Morgan fingerprint density at radius 1 is 1.39 bits per heavy atom. The van der Waals surface area contributed by atoms with Crippen LogP contribution in [0.4, 0.5) is 8.78 Å². The van der Waals surface area contributed by atoms with Gasteiger partial charge in [-0.05, 0) is 12.1 Å². The van der Waals surface area contributed by atoms with Crippen LogP contribution in [0.2, 0.25) is 0 Å². The number of para-hydroxylation sites is 1. The van der Waals surface area contributed by atoms with E-state index in [0.717, 1.165) is 4.68 Å². The quantitative estimate of drug-likeness (QED) is 0.837. The van der Waals surface area contributed by atoms with Crippen LogP contribution in [-0.4, -0.2) is 16.2 Å². The average molecular weight is 249 g/mol. The Balaban J connectivity index is 2.14. The Kier molecular flexibility index (Phi) is 3.53. The molecule has 0 atom stereocenters. The zero-order valence-electron chi connectivity index (χ0n) is 9.25. The van der Waals surface area contributed by atoms with Gasteiger partial charge in [-0.3, -0.25) is 4.68 Å². The maximum absolute atomic E-state index is 12.1. The smallest absolute Gasteiger partial charge is 0.257 e. The van der Waals surface area contributed by atoms with Crippen molar-refractivity contribution in [3.8, 4) is 17.6 Å². The molecule has 0 bridgehead atoms. The molecule has 2 rings (SSSR count). The lowest BCUT2D eigenvalue weighted by Gasteiger charge is -2.03. The molecule has 0 aliphatic rings. The van der Waals surface area contributed by atoms with Crippen LogP contribution in [0, 0.1) is 11.3 Å². The van der Waals surface area contributed by atoms with Crippen molar-refractivity contribution in [3.63, 3.8) is 0 Å². The summed E-state index contributed by atoms with van der Waals surface area (Å²) < 4.78 is 30.8. The van der Waals surface area contributed by atoms with E-state index in [1.54, 1.807) is 24.3 Å². The number of rotatable bonds is 4. The minimum atomic E-state index is -2.47. The summed E-state index contributed by atoms with van der Waals surface area (Å²) in [6.45, 7) is -0.483. The topological polar surface area (TPSA) is 50.8 Å². The van der Waals surface area contributed by atoms with Crippen LogP contribution < -0.4 is 4.74 Å². The minimum absolute atomic E-state index is 0.318. The van der Waals surface area contributed by atoms with Crippen LogP contribution in [0.25, 0.3) is 0 Å². The van der Waals surface area contributed by atoms with Gasteiger partial charge in [-0.25, -0.2) is 8.78 Å². The van der Waals surface area contributed by atoms with Gasteiger partial charge in [0.15, 0.2) is 5.75 Å². The van der Waals surface area contributed by atoms with Gasteiger partial charge < -0.3 is 4.74 Å². The lowest BCUT2D eigenvalue weighted by atomic mass is 10.2. The van der Waals surface area contributed by atoms with Crippen molar-refractivity contribution >= 4 is 0 Å². The Morgan fingerprint density at radius 3 is 2.89 bits per heavy atom. The Morgan fingerprint density at radius 2 is 2.17 bits per heavy atom. The molecule has 0 aliphatic heterocycles. The van der Waals surface area contributed by atoms with Crippen LogP contribution in [0.3, 0.4) is 0 Å². The number of ether oxygens (including phenoxy) is 1. The number of hydrogen-bond acceptors (Lipinski definition) is 3. The molecule has 1 aromatic carbocycles. The Labute approximate surface area is 102 Å². The van der Waals surface area contributed by atoms with Gasteiger partial charge in [-0.1, -0.05) is 12.1 Å². The number of nitrogens with zero attached hydrogens (tertiary/aromatic N) is 3. The van der Waals surface area contributed by atoms with Crippen molar-refractivity contribution < 1.29 is 13.5 Å². The van der Waals surface area contributed by atoms with Crippen LogP contribution in [0.5, 0.6) is 11.5 Å². The maximum Gasteiger partial charge on any atom is 0.257 e. The summed E-state index contributed by atoms with van der Waals surface area (Å²) in [7, 11) is 0. The third-order valence-corrected chi connectivity index (χ3v) is 2.17. The highest BCUT2D eigenvalue weighted by Gasteiger charge is 2.08. The van der Waals surface area contributed by atoms with E-state index in [4.69, 9.17) is 10.00 Å². The van der Waals surface area contributed by atoms with Gasteiger partial charge in [0.2, 0.25) is 0 Å². The second-order valence-corrected chi connectivity index (χ2v) is 3.50. The molecule has 0 radical (unpaired) electrons. The van der Waals surface area contributed by atoms with Crippen LogP contribution in [-0.2, 0) is 6.54 Å². The molecule has 6 heteroatoms. The van der Waals surface area contributed by atoms with E-state index in [1.807, 2.05) is 6.07 Å². The fourth-order valence-corrected chi connectivity index (χ4v) is 1.41.